The molecule has 0 aliphatic carbocycles. The van der Waals surface area contributed by atoms with Gasteiger partial charge in [-0.15, -0.1) is 0 Å². The second-order valence-corrected chi connectivity index (χ2v) is 6.83. The van der Waals surface area contributed by atoms with Gasteiger partial charge >= 0.3 is 0 Å². The Kier molecular flexibility index (Phi) is 5.88. The van der Waals surface area contributed by atoms with Crippen molar-refractivity contribution >= 4 is 28.9 Å². The summed E-state index contributed by atoms with van der Waals surface area (Å²) in [5.41, 5.74) is 2.34. The fraction of sp³-hybridized carbons (Fsp3) is 0.368. The van der Waals surface area contributed by atoms with Gasteiger partial charge in [0.15, 0.2) is 0 Å². The van der Waals surface area contributed by atoms with E-state index in [9.17, 15) is 0 Å². The Hall–Kier alpha value is -1.42. The Morgan fingerprint density at radius 2 is 1.75 bits per heavy atom. The molecule has 128 valence electrons. The largest absolute Gasteiger partial charge is 0.496 e. The number of hydrogen-bond donors (Lipinski definition) is 0. The number of ether oxygens (including phenoxy) is 1. The monoisotopic (exact) mass is 364 g/mol. The fourth-order valence-electron chi connectivity index (χ4n) is 3.14. The van der Waals surface area contributed by atoms with Crippen LogP contribution in [0.5, 0.6) is 5.75 Å². The van der Waals surface area contributed by atoms with E-state index in [1.807, 2.05) is 30.3 Å². The van der Waals surface area contributed by atoms with Gasteiger partial charge in [-0.2, -0.15) is 0 Å². The van der Waals surface area contributed by atoms with Gasteiger partial charge in [0.25, 0.3) is 0 Å². The van der Waals surface area contributed by atoms with Crippen LogP contribution in [0.25, 0.3) is 0 Å². The highest BCUT2D eigenvalue weighted by Crippen LogP contribution is 2.29. The Morgan fingerprint density at radius 3 is 2.46 bits per heavy atom. The van der Waals surface area contributed by atoms with Gasteiger partial charge in [0.2, 0.25) is 0 Å². The minimum absolute atomic E-state index is 0.680. The van der Waals surface area contributed by atoms with Crippen molar-refractivity contribution in [2.75, 3.05) is 44.7 Å². The summed E-state index contributed by atoms with van der Waals surface area (Å²) in [5.74, 6) is 0.976. The summed E-state index contributed by atoms with van der Waals surface area (Å²) >= 11 is 12.3. The maximum absolute atomic E-state index is 6.32. The van der Waals surface area contributed by atoms with Gasteiger partial charge < -0.3 is 9.64 Å². The Bertz CT molecular complexity index is 685. The molecule has 24 heavy (non-hydrogen) atoms. The molecule has 1 aliphatic heterocycles. The highest BCUT2D eigenvalue weighted by Gasteiger charge is 2.19. The van der Waals surface area contributed by atoms with Gasteiger partial charge in [0.05, 0.1) is 17.8 Å². The second-order valence-electron chi connectivity index (χ2n) is 5.99. The first-order chi connectivity index (χ1) is 11.7. The number of nitrogens with zero attached hydrogens (tertiary/aromatic N) is 2. The second kappa shape index (κ2) is 8.11. The zero-order chi connectivity index (χ0) is 16.9. The van der Waals surface area contributed by atoms with Crippen molar-refractivity contribution in [3.8, 4) is 5.75 Å². The molecule has 0 amide bonds. The molecule has 0 aromatic heterocycles. The average Bonchev–Trinajstić information content (AvgIpc) is 2.61. The third kappa shape index (κ3) is 4.15. The van der Waals surface area contributed by atoms with Crippen molar-refractivity contribution in [1.29, 1.82) is 0 Å². The number of rotatable bonds is 5. The van der Waals surface area contributed by atoms with Crippen LogP contribution in [-0.4, -0.2) is 44.7 Å². The lowest BCUT2D eigenvalue weighted by Crippen LogP contribution is -2.47. The van der Waals surface area contributed by atoms with Crippen molar-refractivity contribution in [2.45, 2.75) is 6.42 Å². The van der Waals surface area contributed by atoms with E-state index in [-0.39, 0.29) is 0 Å². The molecule has 2 aromatic rings. The Labute approximate surface area is 153 Å². The normalized spacial score (nSPS) is 15.5. The number of anilines is 1. The van der Waals surface area contributed by atoms with Crippen molar-refractivity contribution in [3.05, 3.63) is 58.1 Å². The summed E-state index contributed by atoms with van der Waals surface area (Å²) < 4.78 is 5.43. The van der Waals surface area contributed by atoms with Gasteiger partial charge in [-0.05, 0) is 36.2 Å². The molecule has 0 saturated carbocycles. The van der Waals surface area contributed by atoms with Crippen molar-refractivity contribution in [3.63, 3.8) is 0 Å². The van der Waals surface area contributed by atoms with Gasteiger partial charge in [-0.25, -0.2) is 0 Å². The molecule has 0 atom stereocenters. The average molecular weight is 365 g/mol. The van der Waals surface area contributed by atoms with Gasteiger partial charge in [-0.1, -0.05) is 41.4 Å². The molecule has 3 nitrogen and oxygen atoms in total. The molecule has 0 radical (unpaired) electrons. The topological polar surface area (TPSA) is 15.7 Å². The van der Waals surface area contributed by atoms with Crippen LogP contribution in [0.1, 0.15) is 5.56 Å². The number of hydrogen-bond acceptors (Lipinski definition) is 3. The lowest BCUT2D eigenvalue weighted by molar-refractivity contribution is 0.260. The molecule has 1 heterocycles. The van der Waals surface area contributed by atoms with Crippen LogP contribution in [0.15, 0.2) is 42.5 Å². The van der Waals surface area contributed by atoms with E-state index in [2.05, 4.69) is 21.9 Å². The zero-order valence-corrected chi connectivity index (χ0v) is 15.4. The van der Waals surface area contributed by atoms with Gasteiger partial charge in [0, 0.05) is 37.7 Å². The van der Waals surface area contributed by atoms with Crippen LogP contribution in [-0.2, 0) is 6.42 Å². The van der Waals surface area contributed by atoms with Gasteiger partial charge in [0.1, 0.15) is 5.75 Å². The van der Waals surface area contributed by atoms with Crippen LogP contribution >= 0.6 is 23.2 Å². The summed E-state index contributed by atoms with van der Waals surface area (Å²) in [6.07, 6.45) is 1.01. The molecule has 3 rings (SSSR count). The maximum atomic E-state index is 6.32. The predicted molar refractivity (Wildman–Crippen MR) is 102 cm³/mol. The number of benzene rings is 2. The van der Waals surface area contributed by atoms with Crippen molar-refractivity contribution in [1.82, 2.24) is 4.90 Å². The fourth-order valence-corrected chi connectivity index (χ4v) is 3.67. The molecule has 2 aromatic carbocycles. The van der Waals surface area contributed by atoms with Crippen molar-refractivity contribution < 1.29 is 4.74 Å². The summed E-state index contributed by atoms with van der Waals surface area (Å²) in [4.78, 5) is 4.82. The van der Waals surface area contributed by atoms with E-state index in [1.165, 1.54) is 5.56 Å². The molecular weight excluding hydrogens is 343 g/mol. The first-order valence-corrected chi connectivity index (χ1v) is 8.97. The minimum Gasteiger partial charge on any atom is -0.496 e. The molecule has 0 spiro atoms. The van der Waals surface area contributed by atoms with Gasteiger partial charge in [-0.3, -0.25) is 4.90 Å². The van der Waals surface area contributed by atoms with Crippen LogP contribution < -0.4 is 9.64 Å². The summed E-state index contributed by atoms with van der Waals surface area (Å²) in [6, 6.07) is 14.0. The summed E-state index contributed by atoms with van der Waals surface area (Å²) in [6.45, 7) is 5.07. The predicted octanol–water partition coefficient (Wildman–Crippen LogP) is 4.37. The van der Waals surface area contributed by atoms with E-state index >= 15 is 0 Å². The first-order valence-electron chi connectivity index (χ1n) is 8.21. The molecular formula is C19H22Cl2N2O. The molecule has 1 fully saturated rings. The van der Waals surface area contributed by atoms with Crippen LogP contribution in [0.3, 0.4) is 0 Å². The minimum atomic E-state index is 0.680. The quantitative estimate of drug-likeness (QED) is 0.783. The molecule has 0 bridgehead atoms. The third-order valence-electron chi connectivity index (χ3n) is 4.51. The summed E-state index contributed by atoms with van der Waals surface area (Å²) in [7, 11) is 1.73. The van der Waals surface area contributed by atoms with Crippen LogP contribution in [0, 0.1) is 0 Å². The lowest BCUT2D eigenvalue weighted by Gasteiger charge is -2.36. The SMILES string of the molecule is COc1ccccc1CCN1CCN(c2ccc(Cl)cc2Cl)CC1. The van der Waals surface area contributed by atoms with E-state index < -0.39 is 0 Å². The number of methoxy groups -OCH3 is 1. The van der Waals surface area contributed by atoms with E-state index in [1.54, 1.807) is 7.11 Å². The summed E-state index contributed by atoms with van der Waals surface area (Å²) in [5, 5.41) is 1.41. The molecule has 1 saturated heterocycles. The molecule has 5 heteroatoms. The molecule has 1 aliphatic rings. The standard InChI is InChI=1S/C19H22Cl2N2O/c1-24-19-5-3-2-4-15(19)8-9-22-10-12-23(13-11-22)18-7-6-16(20)14-17(18)21/h2-7,14H,8-13H2,1H3. The molecule has 0 unspecified atom stereocenters. The number of halogens is 2. The van der Waals surface area contributed by atoms with Crippen LogP contribution in [0.4, 0.5) is 5.69 Å². The van der Waals surface area contributed by atoms with Crippen molar-refractivity contribution in [2.24, 2.45) is 0 Å². The smallest absolute Gasteiger partial charge is 0.122 e. The van der Waals surface area contributed by atoms with E-state index in [0.717, 1.165) is 55.6 Å². The maximum Gasteiger partial charge on any atom is 0.122 e. The lowest BCUT2D eigenvalue weighted by atomic mass is 10.1. The van der Waals surface area contributed by atoms with E-state index in [0.29, 0.717) is 5.02 Å². The Morgan fingerprint density at radius 1 is 1.00 bits per heavy atom. The number of piperazine rings is 1. The third-order valence-corrected chi connectivity index (χ3v) is 5.05. The first kappa shape index (κ1) is 17.4. The van der Waals surface area contributed by atoms with E-state index in [4.69, 9.17) is 27.9 Å². The zero-order valence-electron chi connectivity index (χ0n) is 13.8. The molecule has 0 N–H and O–H groups in total. The number of para-hydroxylation sites is 1. The van der Waals surface area contributed by atoms with Crippen LogP contribution in [0.2, 0.25) is 10.0 Å². The highest BCUT2D eigenvalue weighted by molar-refractivity contribution is 6.36. The Balaban J connectivity index is 1.54. The highest BCUT2D eigenvalue weighted by atomic mass is 35.5.